The summed E-state index contributed by atoms with van der Waals surface area (Å²) in [5.74, 6) is -2.99. The summed E-state index contributed by atoms with van der Waals surface area (Å²) >= 11 is 0. The predicted molar refractivity (Wildman–Crippen MR) is 126 cm³/mol. The maximum absolute atomic E-state index is 14.8. The van der Waals surface area contributed by atoms with E-state index in [1.807, 2.05) is 30.1 Å². The second-order valence-electron chi connectivity index (χ2n) is 8.05. The molecule has 0 unspecified atom stereocenters. The van der Waals surface area contributed by atoms with E-state index in [1.54, 1.807) is 24.5 Å². The first-order valence-corrected chi connectivity index (χ1v) is 10.5. The van der Waals surface area contributed by atoms with Crippen LogP contribution in [-0.2, 0) is 19.4 Å². The van der Waals surface area contributed by atoms with E-state index < -0.39 is 11.7 Å². The minimum absolute atomic E-state index is 0.176. The number of halogens is 3. The molecule has 0 saturated carbocycles. The SMILES string of the molecule is C=C(Cc1ccc(-c2cnc(Nc3ccn(C)c3)nc2)cc1F)Nc1cncc(C(C)(F)F)c1. The summed E-state index contributed by atoms with van der Waals surface area (Å²) in [5.41, 5.74) is 3.18. The van der Waals surface area contributed by atoms with Gasteiger partial charge in [-0.25, -0.2) is 23.1 Å². The maximum atomic E-state index is 14.8. The molecule has 0 bridgehead atoms. The Hall–Kier alpha value is -4.14. The molecule has 9 heteroatoms. The van der Waals surface area contributed by atoms with Gasteiger partial charge >= 0.3 is 0 Å². The van der Waals surface area contributed by atoms with Crippen LogP contribution in [0.1, 0.15) is 18.1 Å². The molecule has 0 amide bonds. The fraction of sp³-hybridized carbons (Fsp3) is 0.160. The topological polar surface area (TPSA) is 67.7 Å². The molecule has 2 N–H and O–H groups in total. The van der Waals surface area contributed by atoms with Gasteiger partial charge in [0.25, 0.3) is 5.92 Å². The summed E-state index contributed by atoms with van der Waals surface area (Å²) in [6.45, 7) is 4.69. The molecule has 0 fully saturated rings. The second-order valence-corrected chi connectivity index (χ2v) is 8.05. The van der Waals surface area contributed by atoms with Crippen LogP contribution in [0.15, 0.2) is 79.8 Å². The van der Waals surface area contributed by atoms with Crippen molar-refractivity contribution in [2.24, 2.45) is 7.05 Å². The predicted octanol–water partition coefficient (Wildman–Crippen LogP) is 6.04. The smallest absolute Gasteiger partial charge is 0.272 e. The van der Waals surface area contributed by atoms with E-state index >= 15 is 0 Å². The number of hydrogen-bond acceptors (Lipinski definition) is 5. The van der Waals surface area contributed by atoms with Gasteiger partial charge in [-0.3, -0.25) is 4.98 Å². The molecule has 34 heavy (non-hydrogen) atoms. The molecular weight excluding hydrogens is 441 g/mol. The number of anilines is 3. The number of alkyl halides is 2. The zero-order valence-electron chi connectivity index (χ0n) is 18.7. The van der Waals surface area contributed by atoms with E-state index in [1.165, 1.54) is 18.3 Å². The highest BCUT2D eigenvalue weighted by Gasteiger charge is 2.24. The molecule has 0 spiro atoms. The third-order valence-corrected chi connectivity index (χ3v) is 5.10. The number of nitrogens with one attached hydrogen (secondary N) is 2. The van der Waals surface area contributed by atoms with Gasteiger partial charge in [0.2, 0.25) is 5.95 Å². The number of rotatable bonds is 8. The zero-order valence-corrected chi connectivity index (χ0v) is 18.7. The monoisotopic (exact) mass is 464 g/mol. The van der Waals surface area contributed by atoms with E-state index in [-0.39, 0.29) is 12.0 Å². The van der Waals surface area contributed by atoms with Crippen LogP contribution in [0, 0.1) is 5.82 Å². The lowest BCUT2D eigenvalue weighted by atomic mass is 10.0. The lowest BCUT2D eigenvalue weighted by molar-refractivity contribution is 0.0172. The van der Waals surface area contributed by atoms with Crippen LogP contribution in [0.25, 0.3) is 11.1 Å². The normalized spacial score (nSPS) is 11.3. The van der Waals surface area contributed by atoms with Crippen LogP contribution < -0.4 is 10.6 Å². The zero-order chi connectivity index (χ0) is 24.3. The van der Waals surface area contributed by atoms with E-state index in [4.69, 9.17) is 0 Å². The van der Waals surface area contributed by atoms with Gasteiger partial charge in [-0.2, -0.15) is 0 Å². The van der Waals surface area contributed by atoms with Gasteiger partial charge < -0.3 is 15.2 Å². The Balaban J connectivity index is 1.41. The van der Waals surface area contributed by atoms with Crippen molar-refractivity contribution in [1.29, 1.82) is 0 Å². The first-order chi connectivity index (χ1) is 16.2. The van der Waals surface area contributed by atoms with E-state index in [0.717, 1.165) is 18.8 Å². The highest BCUT2D eigenvalue weighted by Crippen LogP contribution is 2.28. The summed E-state index contributed by atoms with van der Waals surface area (Å²) in [7, 11) is 1.92. The van der Waals surface area contributed by atoms with Crippen molar-refractivity contribution in [3.8, 4) is 11.1 Å². The Morgan fingerprint density at radius 3 is 2.44 bits per heavy atom. The van der Waals surface area contributed by atoms with Crippen LogP contribution in [0.2, 0.25) is 0 Å². The Labute approximate surface area is 195 Å². The highest BCUT2D eigenvalue weighted by atomic mass is 19.3. The van der Waals surface area contributed by atoms with Gasteiger partial charge in [0.15, 0.2) is 0 Å². The third kappa shape index (κ3) is 5.61. The number of allylic oxidation sites excluding steroid dienone is 1. The molecule has 0 aliphatic carbocycles. The van der Waals surface area contributed by atoms with Gasteiger partial charge in [0.05, 0.1) is 17.6 Å². The average molecular weight is 464 g/mol. The Morgan fingerprint density at radius 2 is 1.79 bits per heavy atom. The first-order valence-electron chi connectivity index (χ1n) is 10.5. The quantitative estimate of drug-likeness (QED) is 0.333. The van der Waals surface area contributed by atoms with Crippen molar-refractivity contribution in [2.75, 3.05) is 10.6 Å². The summed E-state index contributed by atoms with van der Waals surface area (Å²) in [6.07, 6.45) is 9.75. The molecule has 3 heterocycles. The molecule has 3 aromatic heterocycles. The molecular formula is C25H23F3N6. The molecule has 0 atom stereocenters. The molecule has 4 aromatic rings. The maximum Gasteiger partial charge on any atom is 0.272 e. The lowest BCUT2D eigenvalue weighted by Gasteiger charge is -2.14. The van der Waals surface area contributed by atoms with Crippen molar-refractivity contribution in [1.82, 2.24) is 19.5 Å². The van der Waals surface area contributed by atoms with Crippen molar-refractivity contribution >= 4 is 17.3 Å². The molecule has 6 nitrogen and oxygen atoms in total. The third-order valence-electron chi connectivity index (χ3n) is 5.10. The molecule has 0 aliphatic heterocycles. The van der Waals surface area contributed by atoms with E-state index in [2.05, 4.69) is 32.2 Å². The largest absolute Gasteiger partial charge is 0.358 e. The molecule has 4 rings (SSSR count). The lowest BCUT2D eigenvalue weighted by Crippen LogP contribution is -2.09. The van der Waals surface area contributed by atoms with E-state index in [9.17, 15) is 13.2 Å². The second kappa shape index (κ2) is 9.38. The van der Waals surface area contributed by atoms with Gasteiger partial charge in [-0.1, -0.05) is 18.7 Å². The summed E-state index contributed by atoms with van der Waals surface area (Å²) in [6, 6.07) is 8.04. The Kier molecular flexibility index (Phi) is 6.36. The minimum atomic E-state index is -3.01. The van der Waals surface area contributed by atoms with Crippen molar-refractivity contribution in [3.63, 3.8) is 0 Å². The van der Waals surface area contributed by atoms with Gasteiger partial charge in [-0.15, -0.1) is 0 Å². The van der Waals surface area contributed by atoms with E-state index in [0.29, 0.717) is 34.0 Å². The van der Waals surface area contributed by atoms with Crippen LogP contribution >= 0.6 is 0 Å². The molecule has 0 aliphatic rings. The molecule has 174 valence electrons. The minimum Gasteiger partial charge on any atom is -0.358 e. The van der Waals surface area contributed by atoms with Gasteiger partial charge in [0.1, 0.15) is 5.82 Å². The Morgan fingerprint density at radius 1 is 1.03 bits per heavy atom. The van der Waals surface area contributed by atoms with Crippen LogP contribution in [0.4, 0.5) is 30.5 Å². The summed E-state index contributed by atoms with van der Waals surface area (Å²) < 4.78 is 43.7. The highest BCUT2D eigenvalue weighted by molar-refractivity contribution is 5.63. The average Bonchev–Trinajstić information content (AvgIpc) is 3.20. The fourth-order valence-electron chi connectivity index (χ4n) is 3.34. The number of pyridine rings is 1. The summed E-state index contributed by atoms with van der Waals surface area (Å²) in [4.78, 5) is 12.4. The van der Waals surface area contributed by atoms with Crippen molar-refractivity contribution in [3.05, 3.63) is 96.7 Å². The molecule has 0 radical (unpaired) electrons. The molecule has 0 saturated heterocycles. The van der Waals surface area contributed by atoms with Crippen LogP contribution in [0.5, 0.6) is 0 Å². The summed E-state index contributed by atoms with van der Waals surface area (Å²) in [5, 5.41) is 6.02. The number of nitrogens with zero attached hydrogens (tertiary/aromatic N) is 4. The number of aryl methyl sites for hydroxylation is 1. The fourth-order valence-corrected chi connectivity index (χ4v) is 3.34. The van der Waals surface area contributed by atoms with Gasteiger partial charge in [0, 0.05) is 68.2 Å². The Bertz CT molecular complexity index is 1310. The molecule has 1 aromatic carbocycles. The van der Waals surface area contributed by atoms with Crippen LogP contribution in [0.3, 0.4) is 0 Å². The van der Waals surface area contributed by atoms with Crippen LogP contribution in [-0.4, -0.2) is 19.5 Å². The number of aromatic nitrogens is 4. The standard InChI is InChI=1S/C25H23F3N6/c1-16(32-22-10-20(13-29-14-22)25(2,27)28)8-18-5-4-17(9-23(18)26)19-11-30-24(31-12-19)33-21-6-7-34(3)15-21/h4-7,9-15,32H,1,8H2,2-3H3,(H,30,31,33). The number of benzene rings is 1. The number of hydrogen-bond donors (Lipinski definition) is 2. The first kappa shape index (κ1) is 23.0. The van der Waals surface area contributed by atoms with Gasteiger partial charge in [-0.05, 0) is 29.3 Å². The van der Waals surface area contributed by atoms with Crippen molar-refractivity contribution in [2.45, 2.75) is 19.3 Å². The van der Waals surface area contributed by atoms with Crippen molar-refractivity contribution < 1.29 is 13.2 Å².